The van der Waals surface area contributed by atoms with Crippen LogP contribution in [0.4, 0.5) is 13.2 Å². The van der Waals surface area contributed by atoms with E-state index >= 15 is 0 Å². The number of benzene rings is 2. The fourth-order valence-corrected chi connectivity index (χ4v) is 3.78. The monoisotopic (exact) mass is 316 g/mol. The number of ketones is 2. The largest absolute Gasteiger partial charge is 0.417 e. The maximum Gasteiger partial charge on any atom is 0.417 e. The molecule has 5 heteroatoms. The number of carbonyl (C=O) groups excluding carboxylic acids is 2. The first-order chi connectivity index (χ1) is 10.8. The zero-order valence-electron chi connectivity index (χ0n) is 11.9. The molecule has 0 N–H and O–H groups in total. The number of rotatable bonds is 0. The van der Waals surface area contributed by atoms with Crippen molar-refractivity contribution in [1.29, 1.82) is 0 Å². The van der Waals surface area contributed by atoms with E-state index in [1.165, 1.54) is 12.1 Å². The van der Waals surface area contributed by atoms with Crippen LogP contribution >= 0.6 is 0 Å². The molecule has 116 valence electrons. The SMILES string of the molecule is O=C1c2ccccc2CC12Cc1cccc(C(F)(F)F)c1C2=O. The molecule has 2 aromatic carbocycles. The highest BCUT2D eigenvalue weighted by Crippen LogP contribution is 2.49. The van der Waals surface area contributed by atoms with E-state index in [9.17, 15) is 22.8 Å². The number of hydrogen-bond acceptors (Lipinski definition) is 2. The molecule has 0 aromatic heterocycles. The Labute approximate surface area is 129 Å². The summed E-state index contributed by atoms with van der Waals surface area (Å²) < 4.78 is 39.6. The standard InChI is InChI=1S/C18H11F3O2/c19-18(20,21)13-7-3-5-11-9-17(16(23)14(11)13)8-10-4-1-2-6-12(10)15(17)22/h1-7H,8-9H2. The minimum atomic E-state index is -4.61. The highest BCUT2D eigenvalue weighted by atomic mass is 19.4. The van der Waals surface area contributed by atoms with E-state index in [1.54, 1.807) is 24.3 Å². The van der Waals surface area contributed by atoms with E-state index in [0.29, 0.717) is 11.1 Å². The molecular weight excluding hydrogens is 305 g/mol. The van der Waals surface area contributed by atoms with Gasteiger partial charge in [0.25, 0.3) is 0 Å². The summed E-state index contributed by atoms with van der Waals surface area (Å²) in [6, 6.07) is 10.6. The summed E-state index contributed by atoms with van der Waals surface area (Å²) in [5.41, 5.74) is -1.19. The first kappa shape index (κ1) is 14.2. The second-order valence-corrected chi connectivity index (χ2v) is 6.09. The summed E-state index contributed by atoms with van der Waals surface area (Å²) in [4.78, 5) is 25.6. The Bertz CT molecular complexity index is 867. The number of halogens is 3. The highest BCUT2D eigenvalue weighted by molar-refractivity contribution is 6.25. The maximum atomic E-state index is 13.2. The molecule has 0 aliphatic heterocycles. The average Bonchev–Trinajstić information content (AvgIpc) is 2.95. The molecule has 0 bridgehead atoms. The van der Waals surface area contributed by atoms with Crippen molar-refractivity contribution in [3.05, 3.63) is 70.3 Å². The van der Waals surface area contributed by atoms with Crippen LogP contribution in [-0.2, 0) is 19.0 Å². The summed E-state index contributed by atoms with van der Waals surface area (Å²) in [6.45, 7) is 0. The van der Waals surface area contributed by atoms with Crippen molar-refractivity contribution in [2.75, 3.05) is 0 Å². The summed E-state index contributed by atoms with van der Waals surface area (Å²) in [5, 5.41) is 0. The lowest BCUT2D eigenvalue weighted by Gasteiger charge is -2.19. The van der Waals surface area contributed by atoms with Gasteiger partial charge in [-0.3, -0.25) is 9.59 Å². The van der Waals surface area contributed by atoms with Gasteiger partial charge < -0.3 is 0 Å². The normalized spacial score (nSPS) is 22.6. The van der Waals surface area contributed by atoms with Crippen molar-refractivity contribution in [3.63, 3.8) is 0 Å². The number of hydrogen-bond donors (Lipinski definition) is 0. The van der Waals surface area contributed by atoms with Crippen LogP contribution in [0, 0.1) is 5.41 Å². The summed E-state index contributed by atoms with van der Waals surface area (Å²) in [5.74, 6) is -1.05. The zero-order valence-corrected chi connectivity index (χ0v) is 11.9. The minimum absolute atomic E-state index is 0.0403. The van der Waals surface area contributed by atoms with Gasteiger partial charge in [0, 0.05) is 11.1 Å². The predicted octanol–water partition coefficient (Wildman–Crippen LogP) is 3.87. The third kappa shape index (κ3) is 1.76. The summed E-state index contributed by atoms with van der Waals surface area (Å²) in [7, 11) is 0. The topological polar surface area (TPSA) is 34.1 Å². The molecule has 23 heavy (non-hydrogen) atoms. The van der Waals surface area contributed by atoms with Gasteiger partial charge in [0.05, 0.1) is 5.56 Å². The first-order valence-corrected chi connectivity index (χ1v) is 7.21. The number of fused-ring (bicyclic) bond motifs is 2. The zero-order chi connectivity index (χ0) is 16.4. The lowest BCUT2D eigenvalue weighted by Crippen LogP contribution is -2.35. The molecule has 4 rings (SSSR count). The molecule has 0 saturated carbocycles. The van der Waals surface area contributed by atoms with Crippen LogP contribution in [0.2, 0.25) is 0 Å². The Kier molecular flexibility index (Phi) is 2.66. The predicted molar refractivity (Wildman–Crippen MR) is 76.4 cm³/mol. The van der Waals surface area contributed by atoms with Crippen molar-refractivity contribution in [2.45, 2.75) is 19.0 Å². The van der Waals surface area contributed by atoms with Crippen molar-refractivity contribution in [2.24, 2.45) is 5.41 Å². The number of carbonyl (C=O) groups is 2. The van der Waals surface area contributed by atoms with Gasteiger partial charge in [0.2, 0.25) is 0 Å². The second-order valence-electron chi connectivity index (χ2n) is 6.09. The number of Topliss-reactive ketones (excluding diaryl/α,β-unsaturated/α-hetero) is 2. The lowest BCUT2D eigenvalue weighted by atomic mass is 9.79. The van der Waals surface area contributed by atoms with E-state index in [0.717, 1.165) is 11.6 Å². The molecule has 1 unspecified atom stereocenters. The van der Waals surface area contributed by atoms with Gasteiger partial charge in [-0.05, 0) is 30.0 Å². The van der Waals surface area contributed by atoms with Gasteiger partial charge >= 0.3 is 6.18 Å². The first-order valence-electron chi connectivity index (χ1n) is 7.21. The Morgan fingerprint density at radius 1 is 0.826 bits per heavy atom. The summed E-state index contributed by atoms with van der Waals surface area (Å²) >= 11 is 0. The number of alkyl halides is 3. The second kappa shape index (κ2) is 4.31. The quantitative estimate of drug-likeness (QED) is 0.692. The Hall–Kier alpha value is -2.43. The van der Waals surface area contributed by atoms with Crippen molar-refractivity contribution < 1.29 is 22.8 Å². The van der Waals surface area contributed by atoms with Crippen molar-refractivity contribution in [3.8, 4) is 0 Å². The molecule has 0 radical (unpaired) electrons. The highest BCUT2D eigenvalue weighted by Gasteiger charge is 2.57. The molecule has 2 aliphatic carbocycles. The molecule has 0 fully saturated rings. The fraction of sp³-hybridized carbons (Fsp3) is 0.222. The Morgan fingerprint density at radius 3 is 2.17 bits per heavy atom. The van der Waals surface area contributed by atoms with Crippen LogP contribution in [0.15, 0.2) is 42.5 Å². The van der Waals surface area contributed by atoms with Gasteiger partial charge in [-0.15, -0.1) is 0 Å². The van der Waals surface area contributed by atoms with Crippen molar-refractivity contribution in [1.82, 2.24) is 0 Å². The summed E-state index contributed by atoms with van der Waals surface area (Å²) in [6.07, 6.45) is -4.40. The molecule has 2 aromatic rings. The molecule has 0 heterocycles. The molecule has 0 saturated heterocycles. The van der Waals surface area contributed by atoms with Crippen LogP contribution in [0.5, 0.6) is 0 Å². The van der Waals surface area contributed by atoms with E-state index in [2.05, 4.69) is 0 Å². The van der Waals surface area contributed by atoms with Gasteiger partial charge in [-0.1, -0.05) is 36.4 Å². The third-order valence-electron chi connectivity index (χ3n) is 4.80. The fourth-order valence-electron chi connectivity index (χ4n) is 3.78. The third-order valence-corrected chi connectivity index (χ3v) is 4.80. The van der Waals surface area contributed by atoms with Gasteiger partial charge in [0.15, 0.2) is 11.6 Å². The van der Waals surface area contributed by atoms with Crippen LogP contribution in [-0.4, -0.2) is 11.6 Å². The molecule has 1 atom stereocenters. The lowest BCUT2D eigenvalue weighted by molar-refractivity contribution is -0.137. The van der Waals surface area contributed by atoms with Gasteiger partial charge in [-0.25, -0.2) is 0 Å². The van der Waals surface area contributed by atoms with Crippen LogP contribution in [0.3, 0.4) is 0 Å². The maximum absolute atomic E-state index is 13.2. The smallest absolute Gasteiger partial charge is 0.293 e. The minimum Gasteiger partial charge on any atom is -0.293 e. The van der Waals surface area contributed by atoms with E-state index in [-0.39, 0.29) is 24.2 Å². The van der Waals surface area contributed by atoms with E-state index < -0.39 is 22.9 Å². The van der Waals surface area contributed by atoms with Crippen LogP contribution in [0.25, 0.3) is 0 Å². The Morgan fingerprint density at radius 2 is 1.48 bits per heavy atom. The average molecular weight is 316 g/mol. The van der Waals surface area contributed by atoms with E-state index in [4.69, 9.17) is 0 Å². The molecule has 0 amide bonds. The van der Waals surface area contributed by atoms with Crippen LogP contribution in [0.1, 0.15) is 37.4 Å². The molecule has 1 spiro atoms. The van der Waals surface area contributed by atoms with Gasteiger partial charge in [0.1, 0.15) is 5.41 Å². The molecule has 2 nitrogen and oxygen atoms in total. The van der Waals surface area contributed by atoms with Crippen molar-refractivity contribution >= 4 is 11.6 Å². The van der Waals surface area contributed by atoms with Crippen LogP contribution < -0.4 is 0 Å². The van der Waals surface area contributed by atoms with E-state index in [1.807, 2.05) is 0 Å². The molecular formula is C18H11F3O2. The van der Waals surface area contributed by atoms with Gasteiger partial charge in [-0.2, -0.15) is 13.2 Å². The molecule has 2 aliphatic rings. The Balaban J connectivity index is 1.88.